The number of carbonyl (C=O) groups is 1. The van der Waals surface area contributed by atoms with Crippen LogP contribution in [0.4, 0.5) is 5.69 Å². The van der Waals surface area contributed by atoms with Crippen LogP contribution in [0.25, 0.3) is 0 Å². The van der Waals surface area contributed by atoms with Crippen molar-refractivity contribution in [3.05, 3.63) is 47.0 Å². The highest BCUT2D eigenvalue weighted by atomic mass is 16.1. The molecule has 2 rings (SSSR count). The third-order valence-electron chi connectivity index (χ3n) is 3.40. The summed E-state index contributed by atoms with van der Waals surface area (Å²) in [6.07, 6.45) is 1.70. The maximum absolute atomic E-state index is 12.4. The number of carbonyl (C=O) groups excluding carboxylic acids is 1. The summed E-state index contributed by atoms with van der Waals surface area (Å²) in [4.78, 5) is 16.5. The quantitative estimate of drug-likeness (QED) is 0.926. The van der Waals surface area contributed by atoms with Gasteiger partial charge in [-0.3, -0.25) is 9.78 Å². The first-order valence-electron chi connectivity index (χ1n) is 6.82. The zero-order chi connectivity index (χ0) is 14.9. The number of nitrogens with one attached hydrogen (secondary N) is 1. The summed E-state index contributed by atoms with van der Waals surface area (Å²) in [7, 11) is 0. The molecule has 0 saturated carbocycles. The highest BCUT2D eigenvalue weighted by Gasteiger charge is 2.17. The molecule has 2 heterocycles. The lowest BCUT2D eigenvalue weighted by Crippen LogP contribution is -2.14. The van der Waals surface area contributed by atoms with Crippen molar-refractivity contribution >= 4 is 11.6 Å². The number of amides is 1. The SMILES string of the molecule is Cc1cc(NC(=O)c2cc(C)n(C(C)C)c2C)ccn1. The molecule has 2 aromatic rings. The Labute approximate surface area is 119 Å². The van der Waals surface area contributed by atoms with Gasteiger partial charge in [-0.1, -0.05) is 0 Å². The number of anilines is 1. The molecule has 0 aliphatic rings. The van der Waals surface area contributed by atoms with Gasteiger partial charge in [0.05, 0.1) is 5.56 Å². The van der Waals surface area contributed by atoms with Crippen LogP contribution >= 0.6 is 0 Å². The van der Waals surface area contributed by atoms with E-state index in [1.165, 1.54) is 0 Å². The van der Waals surface area contributed by atoms with Crippen LogP contribution in [0.2, 0.25) is 0 Å². The molecule has 0 aromatic carbocycles. The van der Waals surface area contributed by atoms with E-state index >= 15 is 0 Å². The van der Waals surface area contributed by atoms with E-state index in [9.17, 15) is 4.79 Å². The Morgan fingerprint density at radius 2 is 1.95 bits per heavy atom. The lowest BCUT2D eigenvalue weighted by molar-refractivity contribution is 0.102. The van der Waals surface area contributed by atoms with Gasteiger partial charge in [0.25, 0.3) is 5.91 Å². The topological polar surface area (TPSA) is 46.9 Å². The van der Waals surface area contributed by atoms with Crippen molar-refractivity contribution in [1.29, 1.82) is 0 Å². The summed E-state index contributed by atoms with van der Waals surface area (Å²) in [5.41, 5.74) is 4.49. The van der Waals surface area contributed by atoms with Crippen LogP contribution in [0.15, 0.2) is 24.4 Å². The Morgan fingerprint density at radius 1 is 1.25 bits per heavy atom. The van der Waals surface area contributed by atoms with Gasteiger partial charge in [-0.25, -0.2) is 0 Å². The van der Waals surface area contributed by atoms with Crippen LogP contribution in [-0.4, -0.2) is 15.5 Å². The second-order valence-corrected chi connectivity index (χ2v) is 5.39. The molecule has 0 atom stereocenters. The molecular formula is C16H21N3O. The van der Waals surface area contributed by atoms with Crippen molar-refractivity contribution in [2.45, 2.75) is 40.7 Å². The molecule has 1 amide bonds. The van der Waals surface area contributed by atoms with Gasteiger partial charge in [0.1, 0.15) is 0 Å². The molecule has 106 valence electrons. The Balaban J connectivity index is 2.28. The van der Waals surface area contributed by atoms with Gasteiger partial charge in [0.15, 0.2) is 0 Å². The summed E-state index contributed by atoms with van der Waals surface area (Å²) < 4.78 is 2.17. The normalized spacial score (nSPS) is 10.9. The fraction of sp³-hybridized carbons (Fsp3) is 0.375. The first kappa shape index (κ1) is 14.3. The number of aromatic nitrogens is 2. The van der Waals surface area contributed by atoms with Crippen molar-refractivity contribution in [2.75, 3.05) is 5.32 Å². The Hall–Kier alpha value is -2.10. The Kier molecular flexibility index (Phi) is 3.93. The molecule has 0 unspecified atom stereocenters. The molecule has 4 nitrogen and oxygen atoms in total. The van der Waals surface area contributed by atoms with Crippen molar-refractivity contribution in [3.8, 4) is 0 Å². The first-order valence-corrected chi connectivity index (χ1v) is 6.82. The van der Waals surface area contributed by atoms with Gasteiger partial charge in [-0.2, -0.15) is 0 Å². The van der Waals surface area contributed by atoms with E-state index in [0.717, 1.165) is 28.3 Å². The fourth-order valence-electron chi connectivity index (χ4n) is 2.62. The highest BCUT2D eigenvalue weighted by Crippen LogP contribution is 2.21. The number of rotatable bonds is 3. The predicted molar refractivity (Wildman–Crippen MR) is 81.2 cm³/mol. The van der Waals surface area contributed by atoms with Crippen LogP contribution in [0.5, 0.6) is 0 Å². The molecule has 2 aromatic heterocycles. The maximum atomic E-state index is 12.4. The van der Waals surface area contributed by atoms with E-state index < -0.39 is 0 Å². The van der Waals surface area contributed by atoms with Crippen LogP contribution in [0, 0.1) is 20.8 Å². The third kappa shape index (κ3) is 2.74. The number of pyridine rings is 1. The monoisotopic (exact) mass is 271 g/mol. The summed E-state index contributed by atoms with van der Waals surface area (Å²) in [6.45, 7) is 10.2. The van der Waals surface area contributed by atoms with Crippen LogP contribution in [-0.2, 0) is 0 Å². The first-order chi connectivity index (χ1) is 9.40. The zero-order valence-electron chi connectivity index (χ0n) is 12.7. The number of hydrogen-bond acceptors (Lipinski definition) is 2. The molecule has 0 aliphatic heterocycles. The molecule has 20 heavy (non-hydrogen) atoms. The molecule has 0 bridgehead atoms. The molecule has 0 radical (unpaired) electrons. The minimum absolute atomic E-state index is 0.0735. The largest absolute Gasteiger partial charge is 0.346 e. The lowest BCUT2D eigenvalue weighted by Gasteiger charge is -2.13. The predicted octanol–water partition coefficient (Wildman–Crippen LogP) is 3.64. The van der Waals surface area contributed by atoms with Crippen molar-refractivity contribution in [2.24, 2.45) is 0 Å². The van der Waals surface area contributed by atoms with Gasteiger partial charge < -0.3 is 9.88 Å². The summed E-state index contributed by atoms with van der Waals surface area (Å²) >= 11 is 0. The van der Waals surface area contributed by atoms with Crippen LogP contribution < -0.4 is 5.32 Å². The van der Waals surface area contributed by atoms with E-state index in [4.69, 9.17) is 0 Å². The van der Waals surface area contributed by atoms with Crippen LogP contribution in [0.1, 0.15) is 47.3 Å². The fourth-order valence-corrected chi connectivity index (χ4v) is 2.62. The molecule has 1 N–H and O–H groups in total. The van der Waals surface area contributed by atoms with Gasteiger partial charge >= 0.3 is 0 Å². The highest BCUT2D eigenvalue weighted by molar-refractivity contribution is 6.05. The molecule has 0 fully saturated rings. The van der Waals surface area contributed by atoms with Gasteiger partial charge in [0, 0.05) is 35.0 Å². The van der Waals surface area contributed by atoms with E-state index in [0.29, 0.717) is 6.04 Å². The van der Waals surface area contributed by atoms with E-state index in [-0.39, 0.29) is 5.91 Å². The van der Waals surface area contributed by atoms with Gasteiger partial charge in [-0.15, -0.1) is 0 Å². The molecule has 0 saturated heterocycles. The van der Waals surface area contributed by atoms with Crippen molar-refractivity contribution in [3.63, 3.8) is 0 Å². The van der Waals surface area contributed by atoms with Gasteiger partial charge in [-0.05, 0) is 52.8 Å². The van der Waals surface area contributed by atoms with Gasteiger partial charge in [0.2, 0.25) is 0 Å². The van der Waals surface area contributed by atoms with Crippen molar-refractivity contribution in [1.82, 2.24) is 9.55 Å². The summed E-state index contributed by atoms with van der Waals surface area (Å²) in [6, 6.07) is 5.95. The van der Waals surface area contributed by atoms with Crippen molar-refractivity contribution < 1.29 is 4.79 Å². The Bertz CT molecular complexity index is 641. The molecule has 0 aliphatic carbocycles. The minimum atomic E-state index is -0.0735. The average Bonchev–Trinajstić information content (AvgIpc) is 2.64. The number of hydrogen-bond donors (Lipinski definition) is 1. The average molecular weight is 271 g/mol. The molecule has 4 heteroatoms. The molecular weight excluding hydrogens is 250 g/mol. The summed E-state index contributed by atoms with van der Waals surface area (Å²) in [5.74, 6) is -0.0735. The van der Waals surface area contributed by atoms with E-state index in [1.807, 2.05) is 32.9 Å². The second-order valence-electron chi connectivity index (χ2n) is 5.39. The smallest absolute Gasteiger partial charge is 0.257 e. The summed E-state index contributed by atoms with van der Waals surface area (Å²) in [5, 5.41) is 2.93. The minimum Gasteiger partial charge on any atom is -0.346 e. The van der Waals surface area contributed by atoms with E-state index in [1.54, 1.807) is 12.3 Å². The third-order valence-corrected chi connectivity index (χ3v) is 3.40. The lowest BCUT2D eigenvalue weighted by atomic mass is 10.2. The zero-order valence-corrected chi connectivity index (χ0v) is 12.7. The maximum Gasteiger partial charge on any atom is 0.257 e. The standard InChI is InChI=1S/C16H21N3O/c1-10(2)19-12(4)9-15(13(19)5)16(20)18-14-6-7-17-11(3)8-14/h6-10H,1-5H3,(H,17,18,20). The second kappa shape index (κ2) is 5.49. The van der Waals surface area contributed by atoms with E-state index in [2.05, 4.69) is 28.7 Å². The van der Waals surface area contributed by atoms with Crippen LogP contribution in [0.3, 0.4) is 0 Å². The molecule has 0 spiro atoms. The number of nitrogens with zero attached hydrogens (tertiary/aromatic N) is 2. The Morgan fingerprint density at radius 3 is 2.50 bits per heavy atom. The number of aryl methyl sites for hydroxylation is 2.